The van der Waals surface area contributed by atoms with Gasteiger partial charge in [0.15, 0.2) is 11.5 Å². The van der Waals surface area contributed by atoms with Gasteiger partial charge in [-0.3, -0.25) is 4.79 Å². The lowest BCUT2D eigenvalue weighted by Gasteiger charge is -2.09. The van der Waals surface area contributed by atoms with Crippen LogP contribution in [0.2, 0.25) is 0 Å². The highest BCUT2D eigenvalue weighted by molar-refractivity contribution is 5.94. The van der Waals surface area contributed by atoms with Crippen LogP contribution in [0.4, 0.5) is 0 Å². The first-order valence-corrected chi connectivity index (χ1v) is 6.99. The molecule has 0 saturated carbocycles. The first-order chi connectivity index (χ1) is 10.7. The smallest absolute Gasteiger partial charge is 0.251 e. The lowest BCUT2D eigenvalue weighted by molar-refractivity contribution is 0.0950. The number of hydrogen-bond acceptors (Lipinski definition) is 4. The van der Waals surface area contributed by atoms with Crippen molar-refractivity contribution in [3.05, 3.63) is 53.1 Å². The van der Waals surface area contributed by atoms with Crippen molar-refractivity contribution in [1.82, 2.24) is 5.32 Å². The Labute approximate surface area is 128 Å². The second-order valence-electron chi connectivity index (χ2n) is 5.05. The Morgan fingerprint density at radius 3 is 2.82 bits per heavy atom. The van der Waals surface area contributed by atoms with Gasteiger partial charge in [-0.2, -0.15) is 0 Å². The van der Waals surface area contributed by atoms with Crippen LogP contribution in [0, 0.1) is 6.92 Å². The maximum absolute atomic E-state index is 12.2. The van der Waals surface area contributed by atoms with E-state index in [2.05, 4.69) is 5.32 Å². The number of hydrogen-bond donors (Lipinski definition) is 1. The molecule has 114 valence electrons. The van der Waals surface area contributed by atoms with E-state index in [-0.39, 0.29) is 12.7 Å². The summed E-state index contributed by atoms with van der Waals surface area (Å²) in [6.45, 7) is 2.60. The van der Waals surface area contributed by atoms with Crippen LogP contribution in [0.15, 0.2) is 36.4 Å². The van der Waals surface area contributed by atoms with Gasteiger partial charge in [-0.25, -0.2) is 0 Å². The molecule has 5 nitrogen and oxygen atoms in total. The topological polar surface area (TPSA) is 56.8 Å². The zero-order chi connectivity index (χ0) is 15.5. The van der Waals surface area contributed by atoms with Gasteiger partial charge in [0, 0.05) is 12.1 Å². The Hall–Kier alpha value is -2.69. The fourth-order valence-corrected chi connectivity index (χ4v) is 2.30. The van der Waals surface area contributed by atoms with Gasteiger partial charge >= 0.3 is 0 Å². The van der Waals surface area contributed by atoms with Gasteiger partial charge in [0.2, 0.25) is 6.79 Å². The standard InChI is InChI=1S/C17H17NO4/c1-11-3-5-13(8-15(11)20-2)17(19)18-9-12-4-6-14-16(7-12)22-10-21-14/h3-8H,9-10H2,1-2H3,(H,18,19). The van der Waals surface area contributed by atoms with Gasteiger partial charge in [0.1, 0.15) is 5.75 Å². The van der Waals surface area contributed by atoms with Crippen LogP contribution in [-0.2, 0) is 6.54 Å². The Morgan fingerprint density at radius 1 is 1.18 bits per heavy atom. The Kier molecular flexibility index (Phi) is 3.87. The van der Waals surface area contributed by atoms with Crippen molar-refractivity contribution in [1.29, 1.82) is 0 Å². The average Bonchev–Trinajstić information content (AvgIpc) is 3.00. The molecule has 0 unspecified atom stereocenters. The average molecular weight is 299 g/mol. The Morgan fingerprint density at radius 2 is 2.00 bits per heavy atom. The molecule has 0 atom stereocenters. The molecule has 0 fully saturated rings. The van der Waals surface area contributed by atoms with Crippen molar-refractivity contribution >= 4 is 5.91 Å². The monoisotopic (exact) mass is 299 g/mol. The van der Waals surface area contributed by atoms with E-state index in [1.165, 1.54) is 0 Å². The number of ether oxygens (including phenoxy) is 3. The van der Waals surface area contributed by atoms with Crippen molar-refractivity contribution in [2.45, 2.75) is 13.5 Å². The number of amides is 1. The molecule has 2 aromatic rings. The summed E-state index contributed by atoms with van der Waals surface area (Å²) < 4.78 is 15.8. The number of fused-ring (bicyclic) bond motifs is 1. The van der Waals surface area contributed by atoms with Crippen LogP contribution in [0.25, 0.3) is 0 Å². The molecular formula is C17H17NO4. The predicted octanol–water partition coefficient (Wildman–Crippen LogP) is 2.66. The van der Waals surface area contributed by atoms with E-state index in [9.17, 15) is 4.79 Å². The zero-order valence-corrected chi connectivity index (χ0v) is 12.5. The molecule has 3 rings (SSSR count). The summed E-state index contributed by atoms with van der Waals surface area (Å²) in [6.07, 6.45) is 0. The summed E-state index contributed by atoms with van der Waals surface area (Å²) >= 11 is 0. The fourth-order valence-electron chi connectivity index (χ4n) is 2.30. The molecule has 0 saturated heterocycles. The number of rotatable bonds is 4. The largest absolute Gasteiger partial charge is 0.496 e. The number of nitrogens with one attached hydrogen (secondary N) is 1. The lowest BCUT2D eigenvalue weighted by atomic mass is 10.1. The van der Waals surface area contributed by atoms with E-state index in [0.717, 1.165) is 16.9 Å². The van der Waals surface area contributed by atoms with E-state index < -0.39 is 0 Å². The molecule has 2 aromatic carbocycles. The molecule has 0 radical (unpaired) electrons. The Bertz CT molecular complexity index is 712. The van der Waals surface area contributed by atoms with Crippen molar-refractivity contribution < 1.29 is 19.0 Å². The molecule has 0 aromatic heterocycles. The molecular weight excluding hydrogens is 282 g/mol. The van der Waals surface area contributed by atoms with E-state index in [1.807, 2.05) is 31.2 Å². The van der Waals surface area contributed by atoms with Gasteiger partial charge in [-0.1, -0.05) is 12.1 Å². The third kappa shape index (κ3) is 2.83. The number of methoxy groups -OCH3 is 1. The summed E-state index contributed by atoms with van der Waals surface area (Å²) in [5, 5.41) is 2.89. The Balaban J connectivity index is 1.67. The summed E-state index contributed by atoms with van der Waals surface area (Å²) in [7, 11) is 1.59. The SMILES string of the molecule is COc1cc(C(=O)NCc2ccc3c(c2)OCO3)ccc1C. The second kappa shape index (κ2) is 5.97. The number of carbonyl (C=O) groups excluding carboxylic acids is 1. The van der Waals surface area contributed by atoms with Gasteiger partial charge in [-0.15, -0.1) is 0 Å². The van der Waals surface area contributed by atoms with Gasteiger partial charge in [0.05, 0.1) is 7.11 Å². The highest BCUT2D eigenvalue weighted by Crippen LogP contribution is 2.32. The molecule has 1 aliphatic heterocycles. The van der Waals surface area contributed by atoms with Gasteiger partial charge in [-0.05, 0) is 42.3 Å². The molecule has 1 heterocycles. The molecule has 0 spiro atoms. The van der Waals surface area contributed by atoms with Crippen LogP contribution in [0.1, 0.15) is 21.5 Å². The maximum Gasteiger partial charge on any atom is 0.251 e. The number of carbonyl (C=O) groups is 1. The first-order valence-electron chi connectivity index (χ1n) is 6.99. The van der Waals surface area contributed by atoms with Crippen LogP contribution >= 0.6 is 0 Å². The summed E-state index contributed by atoms with van der Waals surface area (Å²) in [5.41, 5.74) is 2.52. The first kappa shape index (κ1) is 14.3. The molecule has 1 aliphatic rings. The summed E-state index contributed by atoms with van der Waals surface area (Å²) in [4.78, 5) is 12.2. The predicted molar refractivity (Wildman–Crippen MR) is 81.5 cm³/mol. The summed E-state index contributed by atoms with van der Waals surface area (Å²) in [6, 6.07) is 11.0. The molecule has 1 N–H and O–H groups in total. The van der Waals surface area contributed by atoms with Crippen LogP contribution in [0.3, 0.4) is 0 Å². The van der Waals surface area contributed by atoms with Crippen molar-refractivity contribution in [3.63, 3.8) is 0 Å². The minimum Gasteiger partial charge on any atom is -0.496 e. The van der Waals surface area contributed by atoms with Crippen LogP contribution < -0.4 is 19.5 Å². The minimum absolute atomic E-state index is 0.143. The third-order valence-electron chi connectivity index (χ3n) is 3.56. The quantitative estimate of drug-likeness (QED) is 0.943. The van der Waals surface area contributed by atoms with Crippen molar-refractivity contribution in [2.75, 3.05) is 13.9 Å². The molecule has 22 heavy (non-hydrogen) atoms. The van der Waals surface area contributed by atoms with E-state index in [4.69, 9.17) is 14.2 Å². The van der Waals surface area contributed by atoms with Crippen LogP contribution in [-0.4, -0.2) is 19.8 Å². The second-order valence-corrected chi connectivity index (χ2v) is 5.05. The number of benzene rings is 2. The van der Waals surface area contributed by atoms with Crippen molar-refractivity contribution in [3.8, 4) is 17.2 Å². The highest BCUT2D eigenvalue weighted by atomic mass is 16.7. The van der Waals surface area contributed by atoms with Gasteiger partial charge < -0.3 is 19.5 Å². The van der Waals surface area contributed by atoms with E-state index >= 15 is 0 Å². The zero-order valence-electron chi connectivity index (χ0n) is 12.5. The van der Waals surface area contributed by atoms with E-state index in [0.29, 0.717) is 23.6 Å². The molecule has 0 bridgehead atoms. The highest BCUT2D eigenvalue weighted by Gasteiger charge is 2.14. The normalized spacial score (nSPS) is 12.1. The van der Waals surface area contributed by atoms with Crippen LogP contribution in [0.5, 0.6) is 17.2 Å². The number of aryl methyl sites for hydroxylation is 1. The molecule has 5 heteroatoms. The molecule has 0 aliphatic carbocycles. The lowest BCUT2D eigenvalue weighted by Crippen LogP contribution is -2.22. The third-order valence-corrected chi connectivity index (χ3v) is 3.56. The van der Waals surface area contributed by atoms with E-state index in [1.54, 1.807) is 19.2 Å². The minimum atomic E-state index is -0.143. The van der Waals surface area contributed by atoms with Crippen molar-refractivity contribution in [2.24, 2.45) is 0 Å². The fraction of sp³-hybridized carbons (Fsp3) is 0.235. The summed E-state index contributed by atoms with van der Waals surface area (Å²) in [5.74, 6) is 2.01. The molecule has 1 amide bonds. The van der Waals surface area contributed by atoms with Gasteiger partial charge in [0.25, 0.3) is 5.91 Å². The maximum atomic E-state index is 12.2.